The first kappa shape index (κ1) is 23.4. The van der Waals surface area contributed by atoms with Gasteiger partial charge in [0.2, 0.25) is 0 Å². The van der Waals surface area contributed by atoms with Gasteiger partial charge in [0.25, 0.3) is 11.8 Å². The van der Waals surface area contributed by atoms with Crippen LogP contribution in [0, 0.1) is 17.1 Å². The van der Waals surface area contributed by atoms with E-state index in [-0.39, 0.29) is 29.0 Å². The average Bonchev–Trinajstić information content (AvgIpc) is 3.29. The Balaban J connectivity index is 1.94. The van der Waals surface area contributed by atoms with Crippen molar-refractivity contribution < 1.29 is 18.7 Å². The minimum atomic E-state index is -0.663. The predicted molar refractivity (Wildman–Crippen MR) is 129 cm³/mol. The number of methoxy groups -OCH3 is 1. The minimum Gasteiger partial charge on any atom is -0.494 e. The SMILES string of the molecule is C=CCN1C(=O)C(C#N)=C(C)/C(=C\c2cn(-c3ccccc3)nc2-c2ccc(OC)c(F)c2)C1=O. The highest BCUT2D eigenvalue weighted by molar-refractivity contribution is 6.19. The topological polar surface area (TPSA) is 88.2 Å². The van der Waals surface area contributed by atoms with E-state index in [9.17, 15) is 19.2 Å². The molecule has 0 bridgehead atoms. The van der Waals surface area contributed by atoms with Gasteiger partial charge in [-0.3, -0.25) is 14.5 Å². The van der Waals surface area contributed by atoms with Crippen molar-refractivity contribution in [3.63, 3.8) is 0 Å². The molecule has 3 aromatic rings. The van der Waals surface area contributed by atoms with Gasteiger partial charge in [0.1, 0.15) is 17.3 Å². The molecule has 1 aromatic heterocycles. The van der Waals surface area contributed by atoms with Crippen molar-refractivity contribution in [1.29, 1.82) is 5.26 Å². The molecule has 7 nitrogen and oxygen atoms in total. The maximum absolute atomic E-state index is 14.5. The summed E-state index contributed by atoms with van der Waals surface area (Å²) in [7, 11) is 1.38. The summed E-state index contributed by atoms with van der Waals surface area (Å²) in [5.41, 5.74) is 2.46. The Morgan fingerprint density at radius 3 is 2.54 bits per heavy atom. The highest BCUT2D eigenvalue weighted by Gasteiger charge is 2.35. The highest BCUT2D eigenvalue weighted by atomic mass is 19.1. The van der Waals surface area contributed by atoms with Crippen LogP contribution in [-0.2, 0) is 9.59 Å². The van der Waals surface area contributed by atoms with Crippen molar-refractivity contribution >= 4 is 17.9 Å². The fourth-order valence-electron chi connectivity index (χ4n) is 3.82. The molecule has 8 heteroatoms. The molecule has 35 heavy (non-hydrogen) atoms. The number of carbonyl (C=O) groups excluding carboxylic acids is 2. The molecule has 2 aromatic carbocycles. The van der Waals surface area contributed by atoms with Crippen molar-refractivity contribution in [2.45, 2.75) is 6.92 Å². The number of nitrogens with zero attached hydrogens (tertiary/aromatic N) is 4. The van der Waals surface area contributed by atoms with E-state index in [2.05, 4.69) is 11.7 Å². The van der Waals surface area contributed by atoms with E-state index in [0.29, 0.717) is 16.8 Å². The fourth-order valence-corrected chi connectivity index (χ4v) is 3.82. The molecule has 0 spiro atoms. The number of nitriles is 1. The van der Waals surface area contributed by atoms with Gasteiger partial charge >= 0.3 is 0 Å². The van der Waals surface area contributed by atoms with Crippen LogP contribution in [0.25, 0.3) is 23.0 Å². The molecule has 4 rings (SSSR count). The number of rotatable bonds is 6. The Morgan fingerprint density at radius 1 is 1.17 bits per heavy atom. The number of halogens is 1. The molecule has 0 saturated carbocycles. The Hall–Kier alpha value is -4.77. The Bertz CT molecular complexity index is 1440. The molecule has 0 unspecified atom stereocenters. The Morgan fingerprint density at radius 2 is 1.91 bits per heavy atom. The molecule has 2 amide bonds. The number of ether oxygens (including phenoxy) is 1. The predicted octanol–water partition coefficient (Wildman–Crippen LogP) is 4.47. The van der Waals surface area contributed by atoms with E-state index in [1.807, 2.05) is 36.4 Å². The zero-order chi connectivity index (χ0) is 25.1. The largest absolute Gasteiger partial charge is 0.494 e. The second kappa shape index (κ2) is 9.61. The van der Waals surface area contributed by atoms with E-state index < -0.39 is 17.6 Å². The second-order valence-electron chi connectivity index (χ2n) is 7.74. The average molecular weight is 468 g/mol. The number of benzene rings is 2. The number of hydrogen-bond donors (Lipinski definition) is 0. The first-order valence-corrected chi connectivity index (χ1v) is 10.7. The van der Waals surface area contributed by atoms with Crippen LogP contribution in [0.1, 0.15) is 12.5 Å². The number of amides is 2. The summed E-state index contributed by atoms with van der Waals surface area (Å²) in [5, 5.41) is 14.2. The molecule has 174 valence electrons. The molecule has 0 fully saturated rings. The van der Waals surface area contributed by atoms with Crippen molar-refractivity contribution in [2.75, 3.05) is 13.7 Å². The zero-order valence-corrected chi connectivity index (χ0v) is 19.2. The van der Waals surface area contributed by atoms with Crippen LogP contribution < -0.4 is 4.74 Å². The van der Waals surface area contributed by atoms with Crippen LogP contribution in [0.15, 0.2) is 84.1 Å². The smallest absolute Gasteiger partial charge is 0.271 e. The monoisotopic (exact) mass is 468 g/mol. The lowest BCUT2D eigenvalue weighted by molar-refractivity contribution is -0.139. The molecular formula is C27H21FN4O3. The maximum atomic E-state index is 14.5. The van der Waals surface area contributed by atoms with Gasteiger partial charge in [0, 0.05) is 29.4 Å². The van der Waals surface area contributed by atoms with E-state index in [0.717, 1.165) is 10.6 Å². The molecule has 0 saturated heterocycles. The standard InChI is InChI=1S/C27H21FN4O3/c1-4-12-31-26(33)21(17(2)22(15-29)27(31)34)13-19-16-32(20-8-6-5-7-9-20)30-25(19)18-10-11-24(35-3)23(28)14-18/h4-11,13-14,16H,1,12H2,2-3H3/b21-13+. The first-order valence-electron chi connectivity index (χ1n) is 10.7. The number of aromatic nitrogens is 2. The summed E-state index contributed by atoms with van der Waals surface area (Å²) < 4.78 is 21.2. The summed E-state index contributed by atoms with van der Waals surface area (Å²) in [6.07, 6.45) is 4.70. The lowest BCUT2D eigenvalue weighted by atomic mass is 9.93. The van der Waals surface area contributed by atoms with Crippen molar-refractivity contribution in [3.8, 4) is 28.8 Å². The summed E-state index contributed by atoms with van der Waals surface area (Å²) in [5.74, 6) is -1.68. The fraction of sp³-hybridized carbons (Fsp3) is 0.111. The third-order valence-corrected chi connectivity index (χ3v) is 5.63. The molecule has 2 heterocycles. The van der Waals surface area contributed by atoms with Crippen LogP contribution >= 0.6 is 0 Å². The molecule has 0 N–H and O–H groups in total. The van der Waals surface area contributed by atoms with E-state index in [1.165, 1.54) is 25.3 Å². The van der Waals surface area contributed by atoms with E-state index >= 15 is 0 Å². The summed E-state index contributed by atoms with van der Waals surface area (Å²) >= 11 is 0. The highest BCUT2D eigenvalue weighted by Crippen LogP contribution is 2.32. The van der Waals surface area contributed by atoms with Gasteiger partial charge in [0.15, 0.2) is 11.6 Å². The second-order valence-corrected chi connectivity index (χ2v) is 7.74. The molecule has 0 radical (unpaired) electrons. The van der Waals surface area contributed by atoms with Gasteiger partial charge in [0.05, 0.1) is 12.8 Å². The lowest BCUT2D eigenvalue weighted by Crippen LogP contribution is -2.42. The molecule has 0 aliphatic carbocycles. The third kappa shape index (κ3) is 4.27. The Labute approximate surface area is 201 Å². The van der Waals surface area contributed by atoms with E-state index in [4.69, 9.17) is 4.74 Å². The van der Waals surface area contributed by atoms with Gasteiger partial charge < -0.3 is 4.74 Å². The van der Waals surface area contributed by atoms with Crippen molar-refractivity contribution in [3.05, 3.63) is 95.5 Å². The van der Waals surface area contributed by atoms with Crippen LogP contribution in [0.3, 0.4) is 0 Å². The summed E-state index contributed by atoms with van der Waals surface area (Å²) in [6, 6.07) is 15.7. The third-order valence-electron chi connectivity index (χ3n) is 5.63. The molecule has 0 atom stereocenters. The van der Waals surface area contributed by atoms with Crippen LogP contribution in [0.2, 0.25) is 0 Å². The molecule has 1 aliphatic rings. The quantitative estimate of drug-likeness (QED) is 0.303. The normalized spacial score (nSPS) is 14.9. The zero-order valence-electron chi connectivity index (χ0n) is 19.2. The molecular weight excluding hydrogens is 447 g/mol. The van der Waals surface area contributed by atoms with Gasteiger partial charge in [-0.1, -0.05) is 24.3 Å². The number of para-hydroxylation sites is 1. The lowest BCUT2D eigenvalue weighted by Gasteiger charge is -2.26. The maximum Gasteiger partial charge on any atom is 0.271 e. The van der Waals surface area contributed by atoms with Gasteiger partial charge in [-0.05, 0) is 48.9 Å². The van der Waals surface area contributed by atoms with Crippen LogP contribution in [0.5, 0.6) is 5.75 Å². The summed E-state index contributed by atoms with van der Waals surface area (Å²) in [6.45, 7) is 5.11. The number of carbonyl (C=O) groups is 2. The van der Waals surface area contributed by atoms with Gasteiger partial charge in [-0.2, -0.15) is 10.4 Å². The van der Waals surface area contributed by atoms with Gasteiger partial charge in [-0.15, -0.1) is 6.58 Å². The van der Waals surface area contributed by atoms with Crippen LogP contribution in [-0.4, -0.2) is 40.1 Å². The van der Waals surface area contributed by atoms with E-state index in [1.54, 1.807) is 29.9 Å². The minimum absolute atomic E-state index is 0.0344. The van der Waals surface area contributed by atoms with Crippen molar-refractivity contribution in [2.24, 2.45) is 0 Å². The summed E-state index contributed by atoms with van der Waals surface area (Å²) in [4.78, 5) is 26.8. The number of imide groups is 1. The van der Waals surface area contributed by atoms with Gasteiger partial charge in [-0.25, -0.2) is 9.07 Å². The molecule has 1 aliphatic heterocycles. The Kier molecular flexibility index (Phi) is 6.42. The van der Waals surface area contributed by atoms with Crippen molar-refractivity contribution in [1.82, 2.24) is 14.7 Å². The number of hydrogen-bond acceptors (Lipinski definition) is 5. The van der Waals surface area contributed by atoms with Crippen LogP contribution in [0.4, 0.5) is 4.39 Å². The first-order chi connectivity index (χ1) is 16.9.